The Hall–Kier alpha value is -2.26. The highest BCUT2D eigenvalue weighted by atomic mass is 35.5. The Balaban J connectivity index is 2.34. The van der Waals surface area contributed by atoms with Crippen molar-refractivity contribution in [3.63, 3.8) is 0 Å². The summed E-state index contributed by atoms with van der Waals surface area (Å²) in [5.74, 6) is -0.428. The van der Waals surface area contributed by atoms with E-state index in [0.29, 0.717) is 16.8 Å². The van der Waals surface area contributed by atoms with E-state index in [1.807, 2.05) is 44.2 Å². The maximum absolute atomic E-state index is 13.1. The number of carbonyl (C=O) groups excluding carboxylic acids is 1. The van der Waals surface area contributed by atoms with Crippen LogP contribution < -0.4 is 9.62 Å². The van der Waals surface area contributed by atoms with Crippen LogP contribution in [-0.4, -0.2) is 27.1 Å². The second-order valence-electron chi connectivity index (χ2n) is 7.59. The lowest BCUT2D eigenvalue weighted by Crippen LogP contribution is -2.42. The lowest BCUT2D eigenvalue weighted by atomic mass is 9.97. The van der Waals surface area contributed by atoms with Gasteiger partial charge in [-0.05, 0) is 36.1 Å². The van der Waals surface area contributed by atoms with Crippen molar-refractivity contribution in [1.82, 2.24) is 5.32 Å². The average molecular weight is 477 g/mol. The molecule has 0 aliphatic rings. The van der Waals surface area contributed by atoms with Gasteiger partial charge in [-0.1, -0.05) is 55.8 Å². The highest BCUT2D eigenvalue weighted by Gasteiger charge is 2.33. The van der Waals surface area contributed by atoms with Crippen LogP contribution in [0.5, 0.6) is 0 Å². The third kappa shape index (κ3) is 7.14. The predicted molar refractivity (Wildman–Crippen MR) is 115 cm³/mol. The normalized spacial score (nSPS) is 13.2. The quantitative estimate of drug-likeness (QED) is 0.581. The SMILES string of the molecule is CC(C)CC(NC(=O)CN(c1cc(C(F)(F)F)ccc1Cl)S(C)(=O)=O)c1ccccc1. The van der Waals surface area contributed by atoms with E-state index in [1.54, 1.807) is 0 Å². The Morgan fingerprint density at radius 1 is 1.13 bits per heavy atom. The van der Waals surface area contributed by atoms with Gasteiger partial charge in [0.1, 0.15) is 6.54 Å². The lowest BCUT2D eigenvalue weighted by molar-refractivity contribution is -0.137. The number of halogens is 4. The van der Waals surface area contributed by atoms with Gasteiger partial charge in [0, 0.05) is 0 Å². The molecule has 0 fully saturated rings. The van der Waals surface area contributed by atoms with E-state index in [1.165, 1.54) is 0 Å². The van der Waals surface area contributed by atoms with E-state index in [0.717, 1.165) is 24.0 Å². The number of anilines is 1. The summed E-state index contributed by atoms with van der Waals surface area (Å²) in [5.41, 5.74) is -0.634. The number of sulfonamides is 1. The zero-order chi connectivity index (χ0) is 23.4. The summed E-state index contributed by atoms with van der Waals surface area (Å²) in [6.45, 7) is 3.25. The molecule has 0 spiro atoms. The molecule has 1 amide bonds. The molecule has 10 heteroatoms. The van der Waals surface area contributed by atoms with Crippen molar-refractivity contribution < 1.29 is 26.4 Å². The number of rotatable bonds is 8. The van der Waals surface area contributed by atoms with Crippen LogP contribution in [-0.2, 0) is 21.0 Å². The van der Waals surface area contributed by atoms with Crippen LogP contribution >= 0.6 is 11.6 Å². The molecule has 0 saturated carbocycles. The van der Waals surface area contributed by atoms with Gasteiger partial charge in [0.05, 0.1) is 28.6 Å². The van der Waals surface area contributed by atoms with Crippen LogP contribution in [0.2, 0.25) is 5.02 Å². The number of alkyl halides is 3. The van der Waals surface area contributed by atoms with Gasteiger partial charge in [-0.3, -0.25) is 9.10 Å². The Morgan fingerprint density at radius 2 is 1.74 bits per heavy atom. The molecule has 2 aromatic rings. The van der Waals surface area contributed by atoms with E-state index < -0.39 is 39.9 Å². The molecule has 1 unspecified atom stereocenters. The predicted octanol–water partition coefficient (Wildman–Crippen LogP) is 5.03. The Labute approximate surface area is 185 Å². The van der Waals surface area contributed by atoms with Gasteiger partial charge in [0.15, 0.2) is 0 Å². The van der Waals surface area contributed by atoms with E-state index in [2.05, 4.69) is 5.32 Å². The van der Waals surface area contributed by atoms with Gasteiger partial charge in [0.25, 0.3) is 0 Å². The third-order valence-electron chi connectivity index (χ3n) is 4.47. The van der Waals surface area contributed by atoms with Crippen molar-refractivity contribution in [2.75, 3.05) is 17.1 Å². The Kier molecular flexibility index (Phi) is 7.99. The highest BCUT2D eigenvalue weighted by Crippen LogP contribution is 2.36. The lowest BCUT2D eigenvalue weighted by Gasteiger charge is -2.26. The molecule has 0 heterocycles. The Bertz CT molecular complexity index is 1010. The molecule has 2 rings (SSSR count). The number of amides is 1. The van der Waals surface area contributed by atoms with Crippen molar-refractivity contribution in [3.05, 3.63) is 64.7 Å². The minimum absolute atomic E-state index is 0.215. The van der Waals surface area contributed by atoms with Crippen LogP contribution in [0, 0.1) is 5.92 Å². The maximum atomic E-state index is 13.1. The molecule has 31 heavy (non-hydrogen) atoms. The zero-order valence-electron chi connectivity index (χ0n) is 17.3. The number of hydrogen-bond acceptors (Lipinski definition) is 3. The third-order valence-corrected chi connectivity index (χ3v) is 5.92. The second kappa shape index (κ2) is 9.91. The van der Waals surface area contributed by atoms with Gasteiger partial charge in [-0.25, -0.2) is 8.42 Å². The molecule has 5 nitrogen and oxygen atoms in total. The van der Waals surface area contributed by atoms with Gasteiger partial charge in [-0.15, -0.1) is 0 Å². The van der Waals surface area contributed by atoms with Crippen molar-refractivity contribution in [2.45, 2.75) is 32.5 Å². The average Bonchev–Trinajstić information content (AvgIpc) is 2.65. The summed E-state index contributed by atoms with van der Waals surface area (Å²) in [6, 6.07) is 11.1. The summed E-state index contributed by atoms with van der Waals surface area (Å²) >= 11 is 6.00. The van der Waals surface area contributed by atoms with Gasteiger partial charge < -0.3 is 5.32 Å². The fraction of sp³-hybridized carbons (Fsp3) is 0.381. The molecule has 1 atom stereocenters. The summed E-state index contributed by atoms with van der Waals surface area (Å²) in [4.78, 5) is 12.7. The molecular weight excluding hydrogens is 453 g/mol. The minimum Gasteiger partial charge on any atom is -0.348 e. The molecule has 0 saturated heterocycles. The fourth-order valence-electron chi connectivity index (χ4n) is 3.07. The van der Waals surface area contributed by atoms with Crippen LogP contribution in [0.3, 0.4) is 0 Å². The standard InChI is InChI=1S/C21H24ClF3N2O3S/c1-14(2)11-18(15-7-5-4-6-8-15)26-20(28)13-27(31(3,29)30)19-12-16(21(23,24)25)9-10-17(19)22/h4-10,12,14,18H,11,13H2,1-3H3,(H,26,28). The van der Waals surface area contributed by atoms with Crippen LogP contribution in [0.15, 0.2) is 48.5 Å². The summed E-state index contributed by atoms with van der Waals surface area (Å²) in [5, 5.41) is 2.58. The molecule has 2 aromatic carbocycles. The molecule has 0 aromatic heterocycles. The second-order valence-corrected chi connectivity index (χ2v) is 9.91. The maximum Gasteiger partial charge on any atom is 0.416 e. The highest BCUT2D eigenvalue weighted by molar-refractivity contribution is 7.92. The van der Waals surface area contributed by atoms with Crippen molar-refractivity contribution in [3.8, 4) is 0 Å². The fourth-order valence-corrected chi connectivity index (χ4v) is 4.20. The molecule has 0 bridgehead atoms. The van der Waals surface area contributed by atoms with E-state index in [9.17, 15) is 26.4 Å². The smallest absolute Gasteiger partial charge is 0.348 e. The topological polar surface area (TPSA) is 66.5 Å². The number of carbonyl (C=O) groups is 1. The molecule has 0 radical (unpaired) electrons. The van der Waals surface area contributed by atoms with Crippen molar-refractivity contribution in [2.24, 2.45) is 5.92 Å². The van der Waals surface area contributed by atoms with Gasteiger partial charge >= 0.3 is 6.18 Å². The van der Waals surface area contributed by atoms with Crippen LogP contribution in [0.1, 0.15) is 37.4 Å². The van der Waals surface area contributed by atoms with Crippen molar-refractivity contribution >= 4 is 33.2 Å². The number of nitrogens with zero attached hydrogens (tertiary/aromatic N) is 1. The van der Waals surface area contributed by atoms with Crippen molar-refractivity contribution in [1.29, 1.82) is 0 Å². The number of hydrogen-bond donors (Lipinski definition) is 1. The number of nitrogens with one attached hydrogen (secondary N) is 1. The van der Waals surface area contributed by atoms with E-state index in [4.69, 9.17) is 11.6 Å². The largest absolute Gasteiger partial charge is 0.416 e. The first-order valence-corrected chi connectivity index (χ1v) is 11.7. The van der Waals surface area contributed by atoms with Crippen LogP contribution in [0.4, 0.5) is 18.9 Å². The summed E-state index contributed by atoms with van der Waals surface area (Å²) in [7, 11) is -4.10. The molecule has 0 aliphatic carbocycles. The first-order chi connectivity index (χ1) is 14.3. The summed E-state index contributed by atoms with van der Waals surface area (Å²) < 4.78 is 64.6. The molecular formula is C21H24ClF3N2O3S. The van der Waals surface area contributed by atoms with Crippen LogP contribution in [0.25, 0.3) is 0 Å². The van der Waals surface area contributed by atoms with E-state index >= 15 is 0 Å². The number of benzene rings is 2. The van der Waals surface area contributed by atoms with Gasteiger partial charge in [-0.2, -0.15) is 13.2 Å². The molecule has 1 N–H and O–H groups in total. The van der Waals surface area contributed by atoms with E-state index in [-0.39, 0.29) is 17.0 Å². The zero-order valence-corrected chi connectivity index (χ0v) is 18.9. The monoisotopic (exact) mass is 476 g/mol. The Morgan fingerprint density at radius 3 is 2.26 bits per heavy atom. The van der Waals surface area contributed by atoms with Gasteiger partial charge in [0.2, 0.25) is 15.9 Å². The molecule has 0 aliphatic heterocycles. The first-order valence-electron chi connectivity index (χ1n) is 9.47. The summed E-state index contributed by atoms with van der Waals surface area (Å²) in [6.07, 6.45) is -3.29. The minimum atomic E-state index is -4.69. The first kappa shape index (κ1) is 25.0. The molecule has 170 valence electrons.